The van der Waals surface area contributed by atoms with E-state index in [1.54, 1.807) is 0 Å². The van der Waals surface area contributed by atoms with Gasteiger partial charge in [0.1, 0.15) is 51.3 Å². The Hall–Kier alpha value is -0.141. The molecule has 1 N–H and O–H groups in total. The summed E-state index contributed by atoms with van der Waals surface area (Å²) in [6.45, 7) is 1.24. The number of hydrogen-bond acceptors (Lipinski definition) is 19. The van der Waals surface area contributed by atoms with Crippen LogP contribution in [-0.2, 0) is 57.5 Å². The third-order valence-corrected chi connectivity index (χ3v) is 10.4. The number of nitrogens with zero attached hydrogens (tertiary/aromatic N) is 4. The Morgan fingerprint density at radius 1 is 0.691 bits per heavy atom. The molecular weight excluding hydrogens is 933 g/mol. The summed E-state index contributed by atoms with van der Waals surface area (Å²) in [5.41, 5.74) is -2.60. The molecule has 0 atom stereocenters. The van der Waals surface area contributed by atoms with E-state index in [9.17, 15) is 66.5 Å². The van der Waals surface area contributed by atoms with E-state index in [4.69, 9.17) is 11.6 Å². The van der Waals surface area contributed by atoms with Gasteiger partial charge in [0.05, 0.1) is 31.0 Å². The van der Waals surface area contributed by atoms with Gasteiger partial charge in [-0.25, -0.2) is 43.6 Å². The van der Waals surface area contributed by atoms with Gasteiger partial charge < -0.3 is 33.7 Å². The molecule has 1 aromatic heterocycles. The molecule has 0 fully saturated rings. The first-order chi connectivity index (χ1) is 22.9. The summed E-state index contributed by atoms with van der Waals surface area (Å²) < 4.78 is 158. The zero-order chi connectivity index (χ0) is 37.3. The number of halogens is 2. The van der Waals surface area contributed by atoms with E-state index in [0.29, 0.717) is 30.3 Å². The van der Waals surface area contributed by atoms with Gasteiger partial charge in [-0.3, -0.25) is 0 Å². The number of anilines is 2. The van der Waals surface area contributed by atoms with Crippen LogP contribution >= 0.6 is 11.6 Å². The predicted molar refractivity (Wildman–Crippen MR) is 158 cm³/mol. The van der Waals surface area contributed by atoms with Crippen molar-refractivity contribution in [1.29, 1.82) is 0 Å². The van der Waals surface area contributed by atoms with Crippen LogP contribution in [0.2, 0.25) is 5.02 Å². The van der Waals surface area contributed by atoms with Gasteiger partial charge in [0.15, 0.2) is 5.82 Å². The second kappa shape index (κ2) is 19.9. The molecule has 0 unspecified atom stereocenters. The maximum absolute atomic E-state index is 14.1. The molecule has 0 bridgehead atoms. The van der Waals surface area contributed by atoms with E-state index < -0.39 is 127 Å². The third kappa shape index (κ3) is 12.0. The predicted octanol–water partition coefficient (Wildman–Crippen LogP) is -10.2. The van der Waals surface area contributed by atoms with E-state index in [2.05, 4.69) is 25.5 Å². The molecule has 5 rings (SSSR count). The zero-order valence-corrected chi connectivity index (χ0v) is 41.2. The second-order valence-electron chi connectivity index (χ2n) is 9.91. The maximum Gasteiger partial charge on any atom is 2.00 e. The van der Waals surface area contributed by atoms with Gasteiger partial charge in [0, 0.05) is 21.8 Å². The summed E-state index contributed by atoms with van der Waals surface area (Å²) in [5.74, 6) is -4.84. The molecule has 1 radical (unpaired) electrons. The topological polar surface area (TPSA) is 337 Å². The van der Waals surface area contributed by atoms with Crippen LogP contribution in [0.5, 0.6) is 11.5 Å². The molecule has 1 heterocycles. The van der Waals surface area contributed by atoms with Crippen molar-refractivity contribution in [2.75, 3.05) is 5.32 Å². The summed E-state index contributed by atoms with van der Waals surface area (Å²) in [4.78, 5) is 2.11. The minimum absolute atomic E-state index is 0. The van der Waals surface area contributed by atoms with Crippen molar-refractivity contribution in [2.45, 2.75) is 26.5 Å². The van der Waals surface area contributed by atoms with E-state index in [0.717, 1.165) is 6.07 Å². The Labute approximate surface area is 415 Å². The molecule has 19 nitrogen and oxygen atoms in total. The molecule has 0 amide bonds. The van der Waals surface area contributed by atoms with Crippen LogP contribution in [-0.4, -0.2) is 61.9 Å². The number of aryl methyl sites for hydroxylation is 1. The summed E-state index contributed by atoms with van der Waals surface area (Å²) in [6, 6.07) is 3.48. The molecular formula is C25H11ClCuFN5Na4O14S4. The monoisotopic (exact) mass is 942 g/mol. The number of fused-ring (bicyclic) bond motifs is 2. The quantitative estimate of drug-likeness (QED) is 0.0653. The van der Waals surface area contributed by atoms with Crippen LogP contribution in [0.3, 0.4) is 0 Å². The van der Waals surface area contributed by atoms with E-state index in [-0.39, 0.29) is 147 Å². The molecule has 4 aromatic carbocycles. The number of nitrogens with one attached hydrogen (secondary N) is 1. The fraction of sp³-hybridized carbons (Fsp3) is 0.0400. The van der Waals surface area contributed by atoms with Crippen molar-refractivity contribution in [3.63, 3.8) is 0 Å². The number of aromatic nitrogens is 2. The molecule has 0 saturated heterocycles. The Morgan fingerprint density at radius 2 is 1.24 bits per heavy atom. The molecule has 0 aliphatic heterocycles. The number of hydrogen-bond donors (Lipinski definition) is 1. The van der Waals surface area contributed by atoms with Crippen molar-refractivity contribution >= 4 is 96.5 Å². The van der Waals surface area contributed by atoms with Crippen molar-refractivity contribution < 1.29 is 202 Å². The summed E-state index contributed by atoms with van der Waals surface area (Å²) in [7, 11) is -22.1. The fourth-order valence-corrected chi connectivity index (χ4v) is 7.36. The Balaban J connectivity index is 0.00000583. The molecule has 30 heteroatoms. The third-order valence-electron chi connectivity index (χ3n) is 6.64. The Bertz CT molecular complexity index is 2830. The van der Waals surface area contributed by atoms with Crippen molar-refractivity contribution in [3.8, 4) is 11.5 Å². The SMILES string of the molecule is Cc1nc(F)c(Cl)c(Nc2cc(S(=O)(=O)[O-])c3c([O-])c(N=Nc4c([O-])cc(S(=O)(=O)[O-])c5cc(S(=O)(=O)[O-])ccc45)cc(S(=O)(=O)[O-])c3c2)n1.[Cu+2].[Na+].[Na+].[Na+].[Na+]. The molecule has 273 valence electrons. The fourth-order valence-electron chi connectivity index (χ4n) is 4.64. The first kappa shape index (κ1) is 54.9. The first-order valence-corrected chi connectivity index (χ1v) is 18.7. The van der Waals surface area contributed by atoms with Gasteiger partial charge in [-0.1, -0.05) is 29.2 Å². The van der Waals surface area contributed by atoms with Gasteiger partial charge in [0.25, 0.3) is 0 Å². The van der Waals surface area contributed by atoms with Crippen LogP contribution in [0.15, 0.2) is 72.3 Å². The van der Waals surface area contributed by atoms with Gasteiger partial charge in [-0.05, 0) is 48.7 Å². The van der Waals surface area contributed by atoms with Crippen LogP contribution < -0.4 is 134 Å². The van der Waals surface area contributed by atoms with Crippen molar-refractivity contribution in [1.82, 2.24) is 9.97 Å². The molecule has 0 aliphatic rings. The summed E-state index contributed by atoms with van der Waals surface area (Å²) >= 11 is 5.83. The average molecular weight is 944 g/mol. The van der Waals surface area contributed by atoms with Crippen molar-refractivity contribution in [3.05, 3.63) is 59.3 Å². The molecule has 0 spiro atoms. The average Bonchev–Trinajstić information content (AvgIpc) is 2.97. The minimum atomic E-state index is -5.72. The molecule has 55 heavy (non-hydrogen) atoms. The van der Waals surface area contributed by atoms with Crippen LogP contribution in [0.25, 0.3) is 21.5 Å². The number of benzene rings is 4. The smallest absolute Gasteiger partial charge is 0.871 e. The van der Waals surface area contributed by atoms with E-state index in [1.807, 2.05) is 0 Å². The minimum Gasteiger partial charge on any atom is -0.871 e. The zero-order valence-electron chi connectivity index (χ0n) is 28.2. The first-order valence-electron chi connectivity index (χ1n) is 12.7. The Morgan fingerprint density at radius 3 is 1.76 bits per heavy atom. The summed E-state index contributed by atoms with van der Waals surface area (Å²) in [5, 5.41) is 31.4. The summed E-state index contributed by atoms with van der Waals surface area (Å²) in [6.07, 6.45) is 0. The number of azo groups is 1. The normalized spacial score (nSPS) is 11.8. The van der Waals surface area contributed by atoms with Gasteiger partial charge in [0.2, 0.25) is 5.95 Å². The molecule has 5 aromatic rings. The van der Waals surface area contributed by atoms with E-state index >= 15 is 0 Å². The molecule has 0 saturated carbocycles. The van der Waals surface area contributed by atoms with E-state index in [1.165, 1.54) is 6.92 Å². The van der Waals surface area contributed by atoms with Gasteiger partial charge in [-0.2, -0.15) is 14.6 Å². The molecule has 0 aliphatic carbocycles. The second-order valence-corrected chi connectivity index (χ2v) is 15.7. The van der Waals surface area contributed by atoms with Crippen LogP contribution in [0.1, 0.15) is 5.82 Å². The Kier molecular flexibility index (Phi) is 19.9. The van der Waals surface area contributed by atoms with Gasteiger partial charge >= 0.3 is 135 Å². The van der Waals surface area contributed by atoms with Crippen molar-refractivity contribution in [2.24, 2.45) is 10.2 Å². The number of rotatable bonds is 8. The van der Waals surface area contributed by atoms with Crippen LogP contribution in [0, 0.1) is 12.9 Å². The van der Waals surface area contributed by atoms with Gasteiger partial charge in [-0.15, -0.1) is 0 Å². The largest absolute Gasteiger partial charge is 2.00 e. The maximum atomic E-state index is 14.1. The van der Waals surface area contributed by atoms with Crippen LogP contribution in [0.4, 0.5) is 27.3 Å². The standard InChI is InChI=1S/C25H17ClFN5O14S4.Cu.4Na/c1-9-28-24(27)21(26)25(29-9)30-10-4-14-17(48(38,39)40)7-15(23(34)20(14)19(5-10)50(44,45)46)31-32-22-12-3-2-11(47(35,36)37)6-13(12)18(8-16(22)33)49(41,42)43;;;;;/h2-8,33-34H,1H3,(H,28,29,30)(H,35,36,37)(H,38,39,40)(H,41,42,43)(H,44,45,46);;;;;/q;+2;4*+1/p-6.